The van der Waals surface area contributed by atoms with E-state index in [0.29, 0.717) is 35.7 Å². The highest BCUT2D eigenvalue weighted by Gasteiger charge is 2.19. The lowest BCUT2D eigenvalue weighted by Gasteiger charge is -2.15. The molecule has 7 heteroatoms. The Morgan fingerprint density at radius 2 is 1.75 bits per heavy atom. The number of likely N-dealkylation sites (tertiary alicyclic amines) is 1. The first-order valence-electron chi connectivity index (χ1n) is 10.8. The van der Waals surface area contributed by atoms with Crippen LogP contribution in [0.5, 0.6) is 11.5 Å². The van der Waals surface area contributed by atoms with E-state index >= 15 is 0 Å². The molecule has 2 aromatic carbocycles. The van der Waals surface area contributed by atoms with Crippen molar-refractivity contribution in [2.24, 2.45) is 0 Å². The molecule has 1 fully saturated rings. The molecule has 3 aromatic rings. The van der Waals surface area contributed by atoms with E-state index in [-0.39, 0.29) is 11.8 Å². The van der Waals surface area contributed by atoms with Gasteiger partial charge in [-0.3, -0.25) is 9.59 Å². The molecular formula is C25H27N3O4. The summed E-state index contributed by atoms with van der Waals surface area (Å²) in [4.78, 5) is 31.9. The van der Waals surface area contributed by atoms with Crippen LogP contribution >= 0.6 is 0 Å². The highest BCUT2D eigenvalue weighted by Crippen LogP contribution is 2.33. The van der Waals surface area contributed by atoms with E-state index in [9.17, 15) is 9.59 Å². The standard InChI is InChI=1S/C25H27N3O4/c1-31-22-10-9-17(15-23(22)32-2)21-16-19(18-7-3-4-8-20(18)27-21)25(30)26-12-11-24(29)28-13-5-6-14-28/h3-4,7-10,15-16H,5-6,11-14H2,1-2H3,(H,26,30). The summed E-state index contributed by atoms with van der Waals surface area (Å²) in [7, 11) is 3.17. The van der Waals surface area contributed by atoms with Gasteiger partial charge in [0.15, 0.2) is 11.5 Å². The van der Waals surface area contributed by atoms with Crippen molar-refractivity contribution in [3.8, 4) is 22.8 Å². The highest BCUT2D eigenvalue weighted by molar-refractivity contribution is 6.07. The van der Waals surface area contributed by atoms with E-state index in [1.165, 1.54) is 0 Å². The van der Waals surface area contributed by atoms with Gasteiger partial charge in [-0.1, -0.05) is 18.2 Å². The number of hydrogen-bond donors (Lipinski definition) is 1. The molecule has 2 amide bonds. The zero-order valence-electron chi connectivity index (χ0n) is 18.4. The summed E-state index contributed by atoms with van der Waals surface area (Å²) in [5.74, 6) is 1.08. The zero-order chi connectivity index (χ0) is 22.5. The van der Waals surface area contributed by atoms with Crippen molar-refractivity contribution in [1.82, 2.24) is 15.2 Å². The number of nitrogens with one attached hydrogen (secondary N) is 1. The predicted molar refractivity (Wildman–Crippen MR) is 123 cm³/mol. The maximum absolute atomic E-state index is 13.1. The normalized spacial score (nSPS) is 13.2. The molecule has 0 spiro atoms. The van der Waals surface area contributed by atoms with Crippen LogP contribution in [-0.4, -0.2) is 55.6 Å². The first kappa shape index (κ1) is 21.6. The van der Waals surface area contributed by atoms with E-state index in [4.69, 9.17) is 14.5 Å². The summed E-state index contributed by atoms with van der Waals surface area (Å²) in [5.41, 5.74) is 2.71. The lowest BCUT2D eigenvalue weighted by molar-refractivity contribution is -0.129. The molecule has 1 aliphatic heterocycles. The Labute approximate surface area is 187 Å². The number of para-hydroxylation sites is 1. The smallest absolute Gasteiger partial charge is 0.252 e. The third kappa shape index (κ3) is 4.51. The maximum atomic E-state index is 13.1. The number of aromatic nitrogens is 1. The van der Waals surface area contributed by atoms with Crippen molar-refractivity contribution in [2.75, 3.05) is 33.9 Å². The molecule has 0 saturated carbocycles. The van der Waals surface area contributed by atoms with Gasteiger partial charge in [0.2, 0.25) is 5.91 Å². The molecule has 0 bridgehead atoms. The number of pyridine rings is 1. The number of carbonyl (C=O) groups is 2. The van der Waals surface area contributed by atoms with E-state index in [1.54, 1.807) is 20.3 Å². The van der Waals surface area contributed by atoms with Gasteiger partial charge in [-0.25, -0.2) is 4.98 Å². The highest BCUT2D eigenvalue weighted by atomic mass is 16.5. The summed E-state index contributed by atoms with van der Waals surface area (Å²) >= 11 is 0. The first-order chi connectivity index (χ1) is 15.6. The number of rotatable bonds is 7. The number of ether oxygens (including phenoxy) is 2. The van der Waals surface area contributed by atoms with Crippen molar-refractivity contribution in [1.29, 1.82) is 0 Å². The Hall–Kier alpha value is -3.61. The number of amides is 2. The second-order valence-corrected chi connectivity index (χ2v) is 7.74. The molecule has 0 atom stereocenters. The number of benzene rings is 2. The summed E-state index contributed by atoms with van der Waals surface area (Å²) < 4.78 is 10.7. The molecule has 0 unspecified atom stereocenters. The summed E-state index contributed by atoms with van der Waals surface area (Å²) in [5, 5.41) is 3.67. The van der Waals surface area contributed by atoms with Gasteiger partial charge in [0, 0.05) is 37.0 Å². The lowest BCUT2D eigenvalue weighted by atomic mass is 10.0. The fourth-order valence-corrected chi connectivity index (χ4v) is 4.01. The molecule has 0 aliphatic carbocycles. The van der Waals surface area contributed by atoms with Gasteiger partial charge in [-0.2, -0.15) is 0 Å². The van der Waals surface area contributed by atoms with Crippen LogP contribution in [0.3, 0.4) is 0 Å². The maximum Gasteiger partial charge on any atom is 0.252 e. The minimum atomic E-state index is -0.223. The summed E-state index contributed by atoms with van der Waals surface area (Å²) in [6, 6.07) is 14.9. The number of carbonyl (C=O) groups excluding carboxylic acids is 2. The molecule has 32 heavy (non-hydrogen) atoms. The Kier molecular flexibility index (Phi) is 6.54. The molecule has 0 radical (unpaired) electrons. The lowest BCUT2D eigenvalue weighted by Crippen LogP contribution is -2.32. The Morgan fingerprint density at radius 1 is 1.00 bits per heavy atom. The minimum absolute atomic E-state index is 0.0911. The second kappa shape index (κ2) is 9.68. The molecule has 2 heterocycles. The van der Waals surface area contributed by atoms with Crippen molar-refractivity contribution in [3.63, 3.8) is 0 Å². The molecule has 166 valence electrons. The van der Waals surface area contributed by atoms with Crippen LogP contribution in [0.4, 0.5) is 0 Å². The van der Waals surface area contributed by atoms with Crippen molar-refractivity contribution < 1.29 is 19.1 Å². The average Bonchev–Trinajstić information content (AvgIpc) is 3.38. The summed E-state index contributed by atoms with van der Waals surface area (Å²) in [6.07, 6.45) is 2.41. The molecule has 1 aromatic heterocycles. The van der Waals surface area contributed by atoms with Gasteiger partial charge in [-0.05, 0) is 43.2 Å². The average molecular weight is 434 g/mol. The SMILES string of the molecule is COc1ccc(-c2cc(C(=O)NCCC(=O)N3CCCC3)c3ccccc3n2)cc1OC. The van der Waals surface area contributed by atoms with Gasteiger partial charge in [0.25, 0.3) is 5.91 Å². The molecule has 7 nitrogen and oxygen atoms in total. The van der Waals surface area contributed by atoms with Gasteiger partial charge in [-0.15, -0.1) is 0 Å². The second-order valence-electron chi connectivity index (χ2n) is 7.74. The van der Waals surface area contributed by atoms with Crippen LogP contribution in [0.15, 0.2) is 48.5 Å². The van der Waals surface area contributed by atoms with Crippen LogP contribution < -0.4 is 14.8 Å². The van der Waals surface area contributed by atoms with Crippen LogP contribution in [0, 0.1) is 0 Å². The van der Waals surface area contributed by atoms with Crippen LogP contribution in [0.25, 0.3) is 22.2 Å². The number of hydrogen-bond acceptors (Lipinski definition) is 5. The molecule has 1 saturated heterocycles. The van der Waals surface area contributed by atoms with E-state index in [1.807, 2.05) is 47.4 Å². The van der Waals surface area contributed by atoms with E-state index in [2.05, 4.69) is 5.32 Å². The van der Waals surface area contributed by atoms with Crippen molar-refractivity contribution >= 4 is 22.7 Å². The molecular weight excluding hydrogens is 406 g/mol. The Bertz CT molecular complexity index is 1140. The third-order valence-electron chi connectivity index (χ3n) is 5.72. The number of methoxy groups -OCH3 is 2. The topological polar surface area (TPSA) is 80.8 Å². The van der Waals surface area contributed by atoms with E-state index in [0.717, 1.165) is 42.4 Å². The van der Waals surface area contributed by atoms with Crippen LogP contribution in [0.1, 0.15) is 29.6 Å². The Balaban J connectivity index is 1.59. The fourth-order valence-electron chi connectivity index (χ4n) is 4.01. The summed E-state index contributed by atoms with van der Waals surface area (Å²) in [6.45, 7) is 1.93. The van der Waals surface area contributed by atoms with Crippen LogP contribution in [-0.2, 0) is 4.79 Å². The third-order valence-corrected chi connectivity index (χ3v) is 5.72. The van der Waals surface area contributed by atoms with Gasteiger partial charge in [0.05, 0.1) is 31.0 Å². The quantitative estimate of drug-likeness (QED) is 0.615. The molecule has 1 N–H and O–H groups in total. The van der Waals surface area contributed by atoms with Gasteiger partial charge < -0.3 is 19.7 Å². The predicted octanol–water partition coefficient (Wildman–Crippen LogP) is 3.66. The van der Waals surface area contributed by atoms with E-state index < -0.39 is 0 Å². The van der Waals surface area contributed by atoms with Gasteiger partial charge in [0.1, 0.15) is 0 Å². The largest absolute Gasteiger partial charge is 0.493 e. The minimum Gasteiger partial charge on any atom is -0.493 e. The monoisotopic (exact) mass is 433 g/mol. The van der Waals surface area contributed by atoms with Crippen molar-refractivity contribution in [2.45, 2.75) is 19.3 Å². The zero-order valence-corrected chi connectivity index (χ0v) is 18.4. The molecule has 1 aliphatic rings. The van der Waals surface area contributed by atoms with Crippen LogP contribution in [0.2, 0.25) is 0 Å². The Morgan fingerprint density at radius 3 is 2.50 bits per heavy atom. The number of fused-ring (bicyclic) bond motifs is 1. The van der Waals surface area contributed by atoms with Gasteiger partial charge >= 0.3 is 0 Å². The van der Waals surface area contributed by atoms with Crippen molar-refractivity contribution in [3.05, 3.63) is 54.1 Å². The first-order valence-corrected chi connectivity index (χ1v) is 10.8. The number of nitrogens with zero attached hydrogens (tertiary/aromatic N) is 2. The molecule has 4 rings (SSSR count). The fraction of sp³-hybridized carbons (Fsp3) is 0.320.